The Morgan fingerprint density at radius 1 is 1.33 bits per heavy atom. The molecule has 1 rings (SSSR count). The molecule has 0 fully saturated rings. The average Bonchev–Trinajstić information content (AvgIpc) is 2.21. The molecule has 0 amide bonds. The predicted molar refractivity (Wildman–Crippen MR) is 64.9 cm³/mol. The normalized spacial score (nSPS) is 11.6. The Morgan fingerprint density at radius 2 is 1.93 bits per heavy atom. The summed E-state index contributed by atoms with van der Waals surface area (Å²) in [6.07, 6.45) is 0.610. The van der Waals surface area contributed by atoms with E-state index in [-0.39, 0.29) is 0 Å². The summed E-state index contributed by atoms with van der Waals surface area (Å²) < 4.78 is 0. The lowest BCUT2D eigenvalue weighted by Gasteiger charge is -2.06. The van der Waals surface area contributed by atoms with Gasteiger partial charge in [0.25, 0.3) is 0 Å². The maximum absolute atomic E-state index is 6.03. The van der Waals surface area contributed by atoms with Gasteiger partial charge in [0.05, 0.1) is 5.71 Å². The van der Waals surface area contributed by atoms with E-state index < -0.39 is 0 Å². The maximum Gasteiger partial charge on any atom is 0.114 e. The number of rotatable bonds is 4. The van der Waals surface area contributed by atoms with Crippen LogP contribution in [0.15, 0.2) is 23.4 Å². The van der Waals surface area contributed by atoms with Crippen LogP contribution in [0.2, 0.25) is 10.0 Å². The molecule has 0 aromatic heterocycles. The third kappa shape index (κ3) is 3.73. The highest BCUT2D eigenvalue weighted by Crippen LogP contribution is 2.24. The fourth-order valence-electron chi connectivity index (χ4n) is 1.16. The van der Waals surface area contributed by atoms with Gasteiger partial charge in [0, 0.05) is 16.5 Å². The van der Waals surface area contributed by atoms with E-state index >= 15 is 0 Å². The molecule has 0 aliphatic heterocycles. The molecule has 0 unspecified atom stereocenters. The zero-order valence-corrected chi connectivity index (χ0v) is 10.3. The summed E-state index contributed by atoms with van der Waals surface area (Å²) in [5.41, 5.74) is 1.74. The van der Waals surface area contributed by atoms with Crippen LogP contribution in [0.1, 0.15) is 19.4 Å². The number of hydrogen-bond acceptors (Lipinski definition) is 2. The lowest BCUT2D eigenvalue weighted by atomic mass is 10.1. The van der Waals surface area contributed by atoms with Crippen LogP contribution in [0, 0.1) is 0 Å². The molecule has 2 nitrogen and oxygen atoms in total. The maximum atomic E-state index is 6.03. The Hall–Kier alpha value is -0.730. The van der Waals surface area contributed by atoms with Crippen molar-refractivity contribution in [2.45, 2.75) is 20.3 Å². The summed E-state index contributed by atoms with van der Waals surface area (Å²) in [6.45, 7) is 4.34. The summed E-state index contributed by atoms with van der Waals surface area (Å²) in [5.74, 6) is 0. The molecule has 0 saturated heterocycles. The first-order valence-electron chi connectivity index (χ1n) is 4.73. The number of nitrogens with zero attached hydrogens (tertiary/aromatic N) is 1. The van der Waals surface area contributed by atoms with Crippen LogP contribution in [0.25, 0.3) is 0 Å². The van der Waals surface area contributed by atoms with Gasteiger partial charge in [-0.15, -0.1) is 0 Å². The van der Waals surface area contributed by atoms with Gasteiger partial charge in [-0.2, -0.15) is 0 Å². The first kappa shape index (κ1) is 12.3. The Balaban J connectivity index is 2.80. The molecule has 1 aromatic rings. The van der Waals surface area contributed by atoms with E-state index in [1.165, 1.54) is 0 Å². The van der Waals surface area contributed by atoms with Gasteiger partial charge in [-0.3, -0.25) is 0 Å². The third-order valence-electron chi connectivity index (χ3n) is 1.84. The third-order valence-corrected chi connectivity index (χ3v) is 2.55. The van der Waals surface area contributed by atoms with Gasteiger partial charge in [-0.25, -0.2) is 0 Å². The summed E-state index contributed by atoms with van der Waals surface area (Å²) in [5, 5.41) is 5.24. The van der Waals surface area contributed by atoms with Crippen molar-refractivity contribution in [3.63, 3.8) is 0 Å². The molecule has 4 heteroatoms. The van der Waals surface area contributed by atoms with Crippen molar-refractivity contribution >= 4 is 28.9 Å². The summed E-state index contributed by atoms with van der Waals surface area (Å²) >= 11 is 12.1. The monoisotopic (exact) mass is 245 g/mol. The molecule has 1 aromatic carbocycles. The molecule has 0 bridgehead atoms. The first-order valence-corrected chi connectivity index (χ1v) is 5.49. The van der Waals surface area contributed by atoms with E-state index in [0.717, 1.165) is 11.3 Å². The van der Waals surface area contributed by atoms with E-state index in [0.29, 0.717) is 23.1 Å². The summed E-state index contributed by atoms with van der Waals surface area (Å²) in [7, 11) is 0. The number of halogens is 2. The molecule has 0 saturated carbocycles. The van der Waals surface area contributed by atoms with E-state index in [4.69, 9.17) is 28.0 Å². The van der Waals surface area contributed by atoms with Crippen molar-refractivity contribution in [2.24, 2.45) is 5.16 Å². The summed E-state index contributed by atoms with van der Waals surface area (Å²) in [6, 6.07) is 5.45. The van der Waals surface area contributed by atoms with E-state index in [1.54, 1.807) is 0 Å². The smallest absolute Gasteiger partial charge is 0.114 e. The Bertz CT molecular complexity index is 343. The van der Waals surface area contributed by atoms with Gasteiger partial charge in [0.15, 0.2) is 0 Å². The first-order chi connectivity index (χ1) is 7.15. The van der Waals surface area contributed by atoms with Gasteiger partial charge in [0.1, 0.15) is 6.61 Å². The molecular formula is C11H13Cl2NO. The van der Waals surface area contributed by atoms with Crippen molar-refractivity contribution in [1.82, 2.24) is 0 Å². The minimum atomic E-state index is 0.563. The average molecular weight is 246 g/mol. The van der Waals surface area contributed by atoms with E-state index in [2.05, 4.69) is 5.16 Å². The van der Waals surface area contributed by atoms with Crippen molar-refractivity contribution < 1.29 is 4.84 Å². The largest absolute Gasteiger partial charge is 0.396 e. The number of oxime groups is 1. The minimum absolute atomic E-state index is 0.563. The van der Waals surface area contributed by atoms with Crippen LogP contribution >= 0.6 is 23.2 Å². The van der Waals surface area contributed by atoms with Crippen molar-refractivity contribution in [3.05, 3.63) is 33.8 Å². The minimum Gasteiger partial charge on any atom is -0.396 e. The van der Waals surface area contributed by atoms with Crippen molar-refractivity contribution in [3.8, 4) is 0 Å². The second-order valence-corrected chi connectivity index (χ2v) is 3.94. The Morgan fingerprint density at radius 3 is 2.47 bits per heavy atom. The van der Waals surface area contributed by atoms with Crippen molar-refractivity contribution in [1.29, 1.82) is 0 Å². The zero-order chi connectivity index (χ0) is 11.3. The molecular weight excluding hydrogens is 233 g/mol. The van der Waals surface area contributed by atoms with Gasteiger partial charge >= 0.3 is 0 Å². The van der Waals surface area contributed by atoms with Crippen LogP contribution in [-0.4, -0.2) is 12.3 Å². The molecule has 82 valence electrons. The Labute approximate surface area is 99.8 Å². The zero-order valence-electron chi connectivity index (χ0n) is 8.76. The fourth-order valence-corrected chi connectivity index (χ4v) is 1.70. The second-order valence-electron chi connectivity index (χ2n) is 3.12. The highest BCUT2D eigenvalue weighted by atomic mass is 35.5. The standard InChI is InChI=1S/C11H13Cl2NO/c1-3-15-14-8(2)7-9-10(12)5-4-6-11(9)13/h4-6H,3,7H2,1-2H3/b14-8+. The lowest BCUT2D eigenvalue weighted by Crippen LogP contribution is -2.00. The van der Waals surface area contributed by atoms with Crippen molar-refractivity contribution in [2.75, 3.05) is 6.61 Å². The Kier molecular flexibility index (Phi) is 4.92. The fraction of sp³-hybridized carbons (Fsp3) is 0.364. The molecule has 0 radical (unpaired) electrons. The van der Waals surface area contributed by atoms with Crippen LogP contribution in [0.5, 0.6) is 0 Å². The van der Waals surface area contributed by atoms with Crippen LogP contribution < -0.4 is 0 Å². The lowest BCUT2D eigenvalue weighted by molar-refractivity contribution is 0.158. The van der Waals surface area contributed by atoms with Gasteiger partial charge < -0.3 is 4.84 Å². The van der Waals surface area contributed by atoms with Crippen LogP contribution in [-0.2, 0) is 11.3 Å². The van der Waals surface area contributed by atoms with Gasteiger partial charge in [-0.1, -0.05) is 34.4 Å². The number of hydrogen-bond donors (Lipinski definition) is 0. The highest BCUT2D eigenvalue weighted by Gasteiger charge is 2.06. The molecule has 0 aliphatic carbocycles. The molecule has 0 heterocycles. The molecule has 0 atom stereocenters. The summed E-state index contributed by atoms with van der Waals surface area (Å²) in [4.78, 5) is 4.95. The van der Waals surface area contributed by atoms with Crippen LogP contribution in [0.3, 0.4) is 0 Å². The molecule has 0 N–H and O–H groups in total. The van der Waals surface area contributed by atoms with Crippen LogP contribution in [0.4, 0.5) is 0 Å². The predicted octanol–water partition coefficient (Wildman–Crippen LogP) is 3.95. The van der Waals surface area contributed by atoms with Gasteiger partial charge in [0.2, 0.25) is 0 Å². The second kappa shape index (κ2) is 5.99. The molecule has 0 spiro atoms. The van der Waals surface area contributed by atoms with E-state index in [1.807, 2.05) is 32.0 Å². The SMILES string of the molecule is CCO/N=C(\C)Cc1c(Cl)cccc1Cl. The quantitative estimate of drug-likeness (QED) is 0.582. The topological polar surface area (TPSA) is 21.6 Å². The highest BCUT2D eigenvalue weighted by molar-refractivity contribution is 6.36. The van der Waals surface area contributed by atoms with E-state index in [9.17, 15) is 0 Å². The number of benzene rings is 1. The van der Waals surface area contributed by atoms with Gasteiger partial charge in [-0.05, 0) is 31.5 Å². The molecule has 0 aliphatic rings. The molecule has 15 heavy (non-hydrogen) atoms.